The Morgan fingerprint density at radius 2 is 1.54 bits per heavy atom. The molecule has 0 aliphatic carbocycles. The van der Waals surface area contributed by atoms with Crippen molar-refractivity contribution in [1.82, 2.24) is 9.21 Å². The monoisotopic (exact) mass is 388 g/mol. The van der Waals surface area contributed by atoms with Crippen molar-refractivity contribution in [1.29, 1.82) is 0 Å². The lowest BCUT2D eigenvalue weighted by atomic mass is 10.2. The highest BCUT2D eigenvalue weighted by molar-refractivity contribution is 7.89. The van der Waals surface area contributed by atoms with Gasteiger partial charge in [-0.05, 0) is 24.6 Å². The van der Waals surface area contributed by atoms with Crippen LogP contribution in [0.25, 0.3) is 0 Å². The van der Waals surface area contributed by atoms with Gasteiger partial charge >= 0.3 is 11.9 Å². The molecular weight excluding hydrogens is 364 g/mol. The van der Waals surface area contributed by atoms with Crippen molar-refractivity contribution in [2.24, 2.45) is 0 Å². The summed E-state index contributed by atoms with van der Waals surface area (Å²) in [7, 11) is -1.38. The third-order valence-electron chi connectivity index (χ3n) is 3.84. The van der Waals surface area contributed by atoms with E-state index >= 15 is 0 Å². The van der Waals surface area contributed by atoms with Crippen molar-refractivity contribution in [3.8, 4) is 5.75 Å². The Morgan fingerprint density at radius 3 is 1.92 bits per heavy atom. The summed E-state index contributed by atoms with van der Waals surface area (Å²) < 4.78 is 30.3. The van der Waals surface area contributed by atoms with Gasteiger partial charge in [0.2, 0.25) is 10.0 Å². The minimum atomic E-state index is -3.04. The van der Waals surface area contributed by atoms with Gasteiger partial charge in [-0.3, -0.25) is 4.90 Å². The van der Waals surface area contributed by atoms with Crippen LogP contribution in [0.3, 0.4) is 0 Å². The molecule has 1 aliphatic rings. The second-order valence-corrected chi connectivity index (χ2v) is 7.79. The highest BCUT2D eigenvalue weighted by Crippen LogP contribution is 2.15. The van der Waals surface area contributed by atoms with E-state index in [0.717, 1.165) is 25.4 Å². The normalized spacial score (nSPS) is 15.6. The molecule has 0 atom stereocenters. The number of rotatable bonds is 5. The van der Waals surface area contributed by atoms with Crippen molar-refractivity contribution in [2.75, 3.05) is 39.0 Å². The van der Waals surface area contributed by atoms with E-state index in [-0.39, 0.29) is 5.75 Å². The van der Waals surface area contributed by atoms with Gasteiger partial charge in [0.15, 0.2) is 0 Å². The summed E-state index contributed by atoms with van der Waals surface area (Å²) in [6, 6.07) is 8.00. The fourth-order valence-electron chi connectivity index (χ4n) is 2.34. The standard InChI is InChI=1S/C14H22N2O3S.C2H2O4/c1-3-20(17,18)16-10-8-15(9-11-16)12-13-4-6-14(19-2)7-5-13;3-1(4)2(5)6/h4-7H,3,8-12H2,1-2H3;(H,3,4)(H,5,6). The van der Waals surface area contributed by atoms with Crippen LogP contribution in [0.15, 0.2) is 24.3 Å². The summed E-state index contributed by atoms with van der Waals surface area (Å²) >= 11 is 0. The summed E-state index contributed by atoms with van der Waals surface area (Å²) in [6.45, 7) is 5.29. The summed E-state index contributed by atoms with van der Waals surface area (Å²) in [5, 5.41) is 14.8. The summed E-state index contributed by atoms with van der Waals surface area (Å²) in [5.74, 6) is -2.61. The minimum Gasteiger partial charge on any atom is -0.497 e. The van der Waals surface area contributed by atoms with Crippen molar-refractivity contribution in [2.45, 2.75) is 13.5 Å². The minimum absolute atomic E-state index is 0.186. The number of benzene rings is 1. The van der Waals surface area contributed by atoms with Gasteiger partial charge in [-0.2, -0.15) is 4.31 Å². The third-order valence-corrected chi connectivity index (χ3v) is 5.72. The molecule has 0 unspecified atom stereocenters. The number of hydrogen-bond donors (Lipinski definition) is 2. The van der Waals surface area contributed by atoms with Crippen molar-refractivity contribution in [3.63, 3.8) is 0 Å². The van der Waals surface area contributed by atoms with E-state index in [1.807, 2.05) is 24.3 Å². The number of ether oxygens (including phenoxy) is 1. The SMILES string of the molecule is CCS(=O)(=O)N1CCN(Cc2ccc(OC)cc2)CC1.O=C(O)C(=O)O. The molecule has 0 saturated carbocycles. The quantitative estimate of drug-likeness (QED) is 0.691. The number of carbonyl (C=O) groups is 2. The van der Waals surface area contributed by atoms with Crippen molar-refractivity contribution >= 4 is 22.0 Å². The van der Waals surface area contributed by atoms with Gasteiger partial charge in [-0.1, -0.05) is 12.1 Å². The van der Waals surface area contributed by atoms with Gasteiger partial charge in [0.05, 0.1) is 12.9 Å². The maximum atomic E-state index is 11.8. The van der Waals surface area contributed by atoms with E-state index in [4.69, 9.17) is 24.5 Å². The number of carboxylic acids is 2. The second-order valence-electron chi connectivity index (χ2n) is 5.53. The first-order valence-electron chi connectivity index (χ1n) is 7.99. The van der Waals surface area contributed by atoms with Gasteiger partial charge in [-0.25, -0.2) is 18.0 Å². The van der Waals surface area contributed by atoms with Gasteiger partial charge in [0.1, 0.15) is 5.75 Å². The number of aliphatic carboxylic acids is 2. The molecule has 2 rings (SSSR count). The molecule has 146 valence electrons. The van der Waals surface area contributed by atoms with E-state index in [2.05, 4.69) is 4.90 Å². The van der Waals surface area contributed by atoms with Crippen LogP contribution in [0.2, 0.25) is 0 Å². The molecule has 1 aromatic carbocycles. The maximum absolute atomic E-state index is 11.8. The van der Waals surface area contributed by atoms with E-state index in [1.165, 1.54) is 5.56 Å². The molecular formula is C16H24N2O7S. The molecule has 0 amide bonds. The lowest BCUT2D eigenvalue weighted by Crippen LogP contribution is -2.48. The van der Waals surface area contributed by atoms with Crippen LogP contribution in [-0.4, -0.2) is 78.8 Å². The first-order valence-corrected chi connectivity index (χ1v) is 9.59. The molecule has 1 saturated heterocycles. The number of nitrogens with zero attached hydrogens (tertiary/aromatic N) is 2. The number of carboxylic acid groups (broad SMARTS) is 2. The average molecular weight is 388 g/mol. The Kier molecular flexibility index (Phi) is 8.49. The highest BCUT2D eigenvalue weighted by atomic mass is 32.2. The van der Waals surface area contributed by atoms with E-state index < -0.39 is 22.0 Å². The lowest BCUT2D eigenvalue weighted by Gasteiger charge is -2.33. The number of sulfonamides is 1. The van der Waals surface area contributed by atoms with Crippen molar-refractivity contribution in [3.05, 3.63) is 29.8 Å². The average Bonchev–Trinajstić information content (AvgIpc) is 2.63. The van der Waals surface area contributed by atoms with Gasteiger partial charge in [-0.15, -0.1) is 0 Å². The van der Waals surface area contributed by atoms with Crippen LogP contribution in [0.5, 0.6) is 5.75 Å². The molecule has 0 radical (unpaired) electrons. The second kappa shape index (κ2) is 10.1. The van der Waals surface area contributed by atoms with Crippen LogP contribution in [-0.2, 0) is 26.2 Å². The van der Waals surface area contributed by atoms with Gasteiger partial charge < -0.3 is 14.9 Å². The topological polar surface area (TPSA) is 124 Å². The fourth-order valence-corrected chi connectivity index (χ4v) is 3.42. The predicted octanol–water partition coefficient (Wildman–Crippen LogP) is 0.318. The number of hydrogen-bond acceptors (Lipinski definition) is 6. The predicted molar refractivity (Wildman–Crippen MR) is 94.6 cm³/mol. The van der Waals surface area contributed by atoms with Crippen LogP contribution in [0.1, 0.15) is 12.5 Å². The van der Waals surface area contributed by atoms with Crippen LogP contribution in [0.4, 0.5) is 0 Å². The molecule has 1 heterocycles. The van der Waals surface area contributed by atoms with Gasteiger partial charge in [0, 0.05) is 32.7 Å². The van der Waals surface area contributed by atoms with E-state index in [9.17, 15) is 8.42 Å². The first kappa shape index (κ1) is 21.9. The van der Waals surface area contributed by atoms with Gasteiger partial charge in [0.25, 0.3) is 0 Å². The summed E-state index contributed by atoms with van der Waals surface area (Å²) in [4.78, 5) is 20.5. The van der Waals surface area contributed by atoms with Crippen LogP contribution < -0.4 is 4.74 Å². The highest BCUT2D eigenvalue weighted by Gasteiger charge is 2.25. The molecule has 1 aliphatic heterocycles. The molecule has 1 fully saturated rings. The maximum Gasteiger partial charge on any atom is 0.414 e. The summed E-state index contributed by atoms with van der Waals surface area (Å²) in [6.07, 6.45) is 0. The smallest absolute Gasteiger partial charge is 0.414 e. The first-order chi connectivity index (χ1) is 12.2. The molecule has 9 nitrogen and oxygen atoms in total. The van der Waals surface area contributed by atoms with Crippen LogP contribution in [0, 0.1) is 0 Å². The Balaban J connectivity index is 0.000000487. The van der Waals surface area contributed by atoms with E-state index in [0.29, 0.717) is 13.1 Å². The van der Waals surface area contributed by atoms with Crippen molar-refractivity contribution < 1.29 is 33.0 Å². The zero-order chi connectivity index (χ0) is 19.7. The number of piperazine rings is 1. The molecule has 1 aromatic rings. The molecule has 0 bridgehead atoms. The zero-order valence-corrected chi connectivity index (χ0v) is 15.6. The Hall–Kier alpha value is -2.17. The lowest BCUT2D eigenvalue weighted by molar-refractivity contribution is -0.159. The molecule has 0 aromatic heterocycles. The molecule has 10 heteroatoms. The molecule has 2 N–H and O–H groups in total. The fraction of sp³-hybridized carbons (Fsp3) is 0.500. The Bertz CT molecular complexity index is 684. The van der Waals surface area contributed by atoms with Crippen LogP contribution >= 0.6 is 0 Å². The molecule has 26 heavy (non-hydrogen) atoms. The van der Waals surface area contributed by atoms with E-state index in [1.54, 1.807) is 18.3 Å². The Labute approximate surface area is 152 Å². The zero-order valence-electron chi connectivity index (χ0n) is 14.8. The molecule has 0 spiro atoms. The number of methoxy groups -OCH3 is 1. The Morgan fingerprint density at radius 1 is 1.04 bits per heavy atom. The largest absolute Gasteiger partial charge is 0.497 e. The third kappa shape index (κ3) is 6.98. The summed E-state index contributed by atoms with van der Waals surface area (Å²) in [5.41, 5.74) is 1.22.